The first kappa shape index (κ1) is 13.7. The average molecular weight is 294 g/mol. The number of likely N-dealkylation sites (tertiary alicyclic amines) is 1. The third kappa shape index (κ3) is 2.51. The van der Waals surface area contributed by atoms with Gasteiger partial charge in [-0.1, -0.05) is 24.4 Å². The summed E-state index contributed by atoms with van der Waals surface area (Å²) in [6.07, 6.45) is 7.14. The van der Waals surface area contributed by atoms with Crippen LogP contribution < -0.4 is 0 Å². The van der Waals surface area contributed by atoms with E-state index in [0.29, 0.717) is 22.5 Å². The number of phenols is 1. The van der Waals surface area contributed by atoms with E-state index in [4.69, 9.17) is 11.6 Å². The zero-order valence-electron chi connectivity index (χ0n) is 11.5. The van der Waals surface area contributed by atoms with Gasteiger partial charge in [-0.15, -0.1) is 0 Å². The van der Waals surface area contributed by atoms with Gasteiger partial charge in [-0.25, -0.2) is 0 Å². The minimum absolute atomic E-state index is 0.0135. The predicted octanol–water partition coefficient (Wildman–Crippen LogP) is 3.84. The Balaban J connectivity index is 1.85. The molecule has 1 heterocycles. The molecule has 1 aromatic carbocycles. The number of piperidine rings is 1. The molecule has 2 fully saturated rings. The number of aromatic hydroxyl groups is 1. The monoisotopic (exact) mass is 293 g/mol. The highest BCUT2D eigenvalue weighted by atomic mass is 35.5. The molecule has 108 valence electrons. The molecule has 2 aliphatic rings. The molecule has 0 bridgehead atoms. The van der Waals surface area contributed by atoms with Crippen molar-refractivity contribution in [3.63, 3.8) is 0 Å². The summed E-state index contributed by atoms with van der Waals surface area (Å²) in [5, 5.41) is 10.4. The lowest BCUT2D eigenvalue weighted by atomic mass is 9.78. The summed E-state index contributed by atoms with van der Waals surface area (Å²) in [5.41, 5.74) is 0.376. The first-order valence-corrected chi connectivity index (χ1v) is 7.84. The molecule has 1 saturated heterocycles. The standard InChI is InChI=1S/C16H20ClNO2/c17-12-7-8-13(15(19)10-12)16(20)18-9-3-5-11-4-1-2-6-14(11)18/h7-8,10-11,14,19H,1-6,9H2. The van der Waals surface area contributed by atoms with Crippen LogP contribution in [0.5, 0.6) is 5.75 Å². The number of hydrogen-bond acceptors (Lipinski definition) is 2. The number of amides is 1. The van der Waals surface area contributed by atoms with E-state index in [9.17, 15) is 9.90 Å². The molecule has 20 heavy (non-hydrogen) atoms. The number of benzene rings is 1. The van der Waals surface area contributed by atoms with Gasteiger partial charge >= 0.3 is 0 Å². The Hall–Kier alpha value is -1.22. The summed E-state index contributed by atoms with van der Waals surface area (Å²) in [6, 6.07) is 5.10. The molecule has 1 aromatic rings. The van der Waals surface area contributed by atoms with Crippen molar-refractivity contribution in [2.24, 2.45) is 5.92 Å². The van der Waals surface area contributed by atoms with Gasteiger partial charge in [-0.05, 0) is 49.8 Å². The van der Waals surface area contributed by atoms with Crippen molar-refractivity contribution >= 4 is 17.5 Å². The van der Waals surface area contributed by atoms with E-state index >= 15 is 0 Å². The normalized spacial score (nSPS) is 26.1. The number of nitrogens with zero attached hydrogens (tertiary/aromatic N) is 1. The topological polar surface area (TPSA) is 40.5 Å². The molecule has 3 nitrogen and oxygen atoms in total. The summed E-state index contributed by atoms with van der Waals surface area (Å²) in [4.78, 5) is 14.7. The van der Waals surface area contributed by atoms with E-state index in [1.165, 1.54) is 31.7 Å². The highest BCUT2D eigenvalue weighted by Crippen LogP contribution is 2.36. The maximum atomic E-state index is 12.7. The Morgan fingerprint density at radius 1 is 1.20 bits per heavy atom. The minimum atomic E-state index is -0.0456. The van der Waals surface area contributed by atoms with Crippen LogP contribution in [0, 0.1) is 5.92 Å². The fourth-order valence-electron chi connectivity index (χ4n) is 3.72. The molecule has 0 aromatic heterocycles. The lowest BCUT2D eigenvalue weighted by Gasteiger charge is -2.44. The van der Waals surface area contributed by atoms with Crippen molar-refractivity contribution in [1.29, 1.82) is 0 Å². The summed E-state index contributed by atoms with van der Waals surface area (Å²) in [6.45, 7) is 0.808. The second-order valence-electron chi connectivity index (χ2n) is 5.91. The van der Waals surface area contributed by atoms with E-state index in [-0.39, 0.29) is 11.7 Å². The van der Waals surface area contributed by atoms with Crippen LogP contribution in [0.1, 0.15) is 48.9 Å². The molecular weight excluding hydrogens is 274 g/mol. The van der Waals surface area contributed by atoms with Crippen molar-refractivity contribution in [3.8, 4) is 5.75 Å². The molecule has 1 saturated carbocycles. The fraction of sp³-hybridized carbons (Fsp3) is 0.562. The fourth-order valence-corrected chi connectivity index (χ4v) is 3.88. The molecule has 2 atom stereocenters. The first-order chi connectivity index (χ1) is 9.66. The van der Waals surface area contributed by atoms with Crippen LogP contribution in [0.15, 0.2) is 18.2 Å². The van der Waals surface area contributed by atoms with Crippen molar-refractivity contribution < 1.29 is 9.90 Å². The van der Waals surface area contributed by atoms with Crippen molar-refractivity contribution in [1.82, 2.24) is 4.90 Å². The summed E-state index contributed by atoms with van der Waals surface area (Å²) < 4.78 is 0. The average Bonchev–Trinajstić information content (AvgIpc) is 2.46. The molecule has 1 amide bonds. The van der Waals surface area contributed by atoms with Crippen molar-refractivity contribution in [2.45, 2.75) is 44.6 Å². The molecular formula is C16H20ClNO2. The molecule has 1 aliphatic heterocycles. The van der Waals surface area contributed by atoms with Gasteiger partial charge in [-0.2, -0.15) is 0 Å². The molecule has 1 N–H and O–H groups in total. The quantitative estimate of drug-likeness (QED) is 0.854. The molecule has 2 unspecified atom stereocenters. The van der Waals surface area contributed by atoms with Gasteiger partial charge in [0, 0.05) is 17.6 Å². The van der Waals surface area contributed by atoms with Crippen LogP contribution in [-0.4, -0.2) is 28.5 Å². The summed E-state index contributed by atoms with van der Waals surface area (Å²) in [5.74, 6) is 0.590. The summed E-state index contributed by atoms with van der Waals surface area (Å²) >= 11 is 5.83. The van der Waals surface area contributed by atoms with Crippen LogP contribution in [0.3, 0.4) is 0 Å². The van der Waals surface area contributed by atoms with Crippen LogP contribution in [0.4, 0.5) is 0 Å². The third-order valence-electron chi connectivity index (χ3n) is 4.69. The number of hydrogen-bond donors (Lipinski definition) is 1. The second-order valence-corrected chi connectivity index (χ2v) is 6.35. The maximum Gasteiger partial charge on any atom is 0.257 e. The number of rotatable bonds is 1. The van der Waals surface area contributed by atoms with Crippen molar-refractivity contribution in [3.05, 3.63) is 28.8 Å². The van der Waals surface area contributed by atoms with E-state index < -0.39 is 0 Å². The van der Waals surface area contributed by atoms with Gasteiger partial charge in [0.25, 0.3) is 5.91 Å². The molecule has 0 radical (unpaired) electrons. The van der Waals surface area contributed by atoms with Gasteiger partial charge in [0.2, 0.25) is 0 Å². The van der Waals surface area contributed by atoms with Crippen molar-refractivity contribution in [2.75, 3.05) is 6.54 Å². The Bertz CT molecular complexity index is 515. The highest BCUT2D eigenvalue weighted by Gasteiger charge is 2.36. The van der Waals surface area contributed by atoms with E-state index in [1.54, 1.807) is 12.1 Å². The maximum absolute atomic E-state index is 12.7. The zero-order valence-corrected chi connectivity index (χ0v) is 12.3. The number of carbonyl (C=O) groups excluding carboxylic acids is 1. The zero-order chi connectivity index (χ0) is 14.1. The van der Waals surface area contributed by atoms with Crippen LogP contribution in [0.2, 0.25) is 5.02 Å². The van der Waals surface area contributed by atoms with Crippen LogP contribution in [0.25, 0.3) is 0 Å². The van der Waals surface area contributed by atoms with E-state index in [1.807, 2.05) is 4.90 Å². The van der Waals surface area contributed by atoms with Crippen LogP contribution >= 0.6 is 11.6 Å². The number of halogens is 1. The van der Waals surface area contributed by atoms with E-state index in [0.717, 1.165) is 19.4 Å². The lowest BCUT2D eigenvalue weighted by molar-refractivity contribution is 0.0388. The lowest BCUT2D eigenvalue weighted by Crippen LogP contribution is -2.49. The Labute approximate surface area is 124 Å². The second kappa shape index (κ2) is 5.65. The number of fused-ring (bicyclic) bond motifs is 1. The SMILES string of the molecule is O=C(c1ccc(Cl)cc1O)N1CCCC2CCCCC21. The largest absolute Gasteiger partial charge is 0.507 e. The Kier molecular flexibility index (Phi) is 3.88. The van der Waals surface area contributed by atoms with Crippen LogP contribution in [-0.2, 0) is 0 Å². The van der Waals surface area contributed by atoms with E-state index in [2.05, 4.69) is 0 Å². The molecule has 3 rings (SSSR count). The molecule has 1 aliphatic carbocycles. The first-order valence-electron chi connectivity index (χ1n) is 7.46. The van der Waals surface area contributed by atoms with Gasteiger partial charge < -0.3 is 10.0 Å². The Morgan fingerprint density at radius 2 is 1.95 bits per heavy atom. The third-order valence-corrected chi connectivity index (χ3v) is 4.93. The minimum Gasteiger partial charge on any atom is -0.507 e. The van der Waals surface area contributed by atoms with Gasteiger partial charge in [0.15, 0.2) is 0 Å². The molecule has 4 heteroatoms. The number of carbonyl (C=O) groups is 1. The summed E-state index contributed by atoms with van der Waals surface area (Å²) in [7, 11) is 0. The van der Waals surface area contributed by atoms with Gasteiger partial charge in [0.1, 0.15) is 5.75 Å². The predicted molar refractivity (Wildman–Crippen MR) is 79.1 cm³/mol. The smallest absolute Gasteiger partial charge is 0.257 e. The highest BCUT2D eigenvalue weighted by molar-refractivity contribution is 6.30. The molecule has 0 spiro atoms. The Morgan fingerprint density at radius 3 is 2.75 bits per heavy atom. The number of phenolic OH excluding ortho intramolecular Hbond substituents is 1. The van der Waals surface area contributed by atoms with Gasteiger partial charge in [-0.3, -0.25) is 4.79 Å². The van der Waals surface area contributed by atoms with Gasteiger partial charge in [0.05, 0.1) is 5.56 Å².